The molecular weight excluding hydrogens is 294 g/mol. The van der Waals surface area contributed by atoms with Crippen molar-refractivity contribution < 1.29 is 9.90 Å². The van der Waals surface area contributed by atoms with E-state index in [1.54, 1.807) is 12.1 Å². The van der Waals surface area contributed by atoms with Crippen molar-refractivity contribution in [2.45, 2.75) is 6.92 Å². The van der Waals surface area contributed by atoms with Crippen molar-refractivity contribution in [3.63, 3.8) is 0 Å². The summed E-state index contributed by atoms with van der Waals surface area (Å²) < 4.78 is 0.941. The van der Waals surface area contributed by atoms with Gasteiger partial charge in [0.25, 0.3) is 5.91 Å². The highest BCUT2D eigenvalue weighted by Gasteiger charge is 2.07. The largest absolute Gasteiger partial charge is 0.508 e. The average molecular weight is 306 g/mol. The lowest BCUT2D eigenvalue weighted by molar-refractivity contribution is 0.102. The minimum Gasteiger partial charge on any atom is -0.508 e. The molecule has 1 amide bonds. The first-order valence-corrected chi connectivity index (χ1v) is 6.22. The summed E-state index contributed by atoms with van der Waals surface area (Å²) in [6.45, 7) is 1.98. The first-order chi connectivity index (χ1) is 8.56. The topological polar surface area (TPSA) is 49.3 Å². The van der Waals surface area contributed by atoms with Crippen LogP contribution in [0, 0.1) is 6.92 Å². The number of nitrogens with one attached hydrogen (secondary N) is 1. The van der Waals surface area contributed by atoms with Crippen LogP contribution in [0.1, 0.15) is 15.9 Å². The molecule has 0 saturated carbocycles. The van der Waals surface area contributed by atoms with Crippen LogP contribution < -0.4 is 5.32 Å². The number of phenols is 1. The summed E-state index contributed by atoms with van der Waals surface area (Å²) in [5.41, 5.74) is 2.23. The second kappa shape index (κ2) is 5.23. The molecule has 0 atom stereocenters. The summed E-state index contributed by atoms with van der Waals surface area (Å²) in [6.07, 6.45) is 0. The van der Waals surface area contributed by atoms with Gasteiger partial charge in [-0.05, 0) is 42.8 Å². The van der Waals surface area contributed by atoms with Crippen molar-refractivity contribution in [3.05, 3.63) is 58.1 Å². The Morgan fingerprint density at radius 1 is 1.22 bits per heavy atom. The number of carbonyl (C=O) groups excluding carboxylic acids is 1. The zero-order valence-corrected chi connectivity index (χ0v) is 11.4. The molecule has 0 aliphatic carbocycles. The normalized spacial score (nSPS) is 10.1. The Hall–Kier alpha value is -1.81. The molecule has 0 saturated heterocycles. The number of rotatable bonds is 2. The van der Waals surface area contributed by atoms with E-state index in [-0.39, 0.29) is 11.7 Å². The average Bonchev–Trinajstić information content (AvgIpc) is 2.34. The Morgan fingerprint density at radius 3 is 2.67 bits per heavy atom. The summed E-state index contributed by atoms with van der Waals surface area (Å²) in [5, 5.41) is 12.1. The second-order valence-electron chi connectivity index (χ2n) is 3.97. The fraction of sp³-hybridized carbons (Fsp3) is 0.0714. The third-order valence-electron chi connectivity index (χ3n) is 2.54. The highest BCUT2D eigenvalue weighted by atomic mass is 79.9. The molecule has 0 unspecified atom stereocenters. The van der Waals surface area contributed by atoms with Crippen LogP contribution in [0.4, 0.5) is 5.69 Å². The molecule has 18 heavy (non-hydrogen) atoms. The van der Waals surface area contributed by atoms with Crippen LogP contribution in [-0.2, 0) is 0 Å². The molecule has 0 bridgehead atoms. The predicted molar refractivity (Wildman–Crippen MR) is 74.9 cm³/mol. The molecule has 0 aliphatic rings. The molecule has 2 aromatic carbocycles. The van der Waals surface area contributed by atoms with Crippen LogP contribution >= 0.6 is 15.9 Å². The fourth-order valence-electron chi connectivity index (χ4n) is 1.52. The Balaban J connectivity index is 2.18. The molecule has 0 aromatic heterocycles. The van der Waals surface area contributed by atoms with Crippen molar-refractivity contribution >= 4 is 27.5 Å². The van der Waals surface area contributed by atoms with Crippen LogP contribution in [0.15, 0.2) is 46.9 Å². The first kappa shape index (κ1) is 12.6. The predicted octanol–water partition coefficient (Wildman–Crippen LogP) is 3.72. The van der Waals surface area contributed by atoms with E-state index in [0.29, 0.717) is 11.3 Å². The van der Waals surface area contributed by atoms with E-state index in [9.17, 15) is 9.90 Å². The van der Waals surface area contributed by atoms with Crippen molar-refractivity contribution in [1.29, 1.82) is 0 Å². The molecule has 0 heterocycles. The second-order valence-corrected chi connectivity index (χ2v) is 4.82. The molecule has 4 heteroatoms. The van der Waals surface area contributed by atoms with Crippen molar-refractivity contribution in [1.82, 2.24) is 0 Å². The minimum atomic E-state index is -0.248. The summed E-state index contributed by atoms with van der Waals surface area (Å²) in [7, 11) is 0. The Labute approximate surface area is 114 Å². The van der Waals surface area contributed by atoms with Crippen LogP contribution in [0.3, 0.4) is 0 Å². The van der Waals surface area contributed by atoms with Gasteiger partial charge in [-0.1, -0.05) is 28.1 Å². The number of halogens is 1. The van der Waals surface area contributed by atoms with E-state index in [1.807, 2.05) is 25.1 Å². The number of hydrogen-bond acceptors (Lipinski definition) is 2. The van der Waals surface area contributed by atoms with E-state index < -0.39 is 0 Å². The number of phenolic OH excluding ortho intramolecular Hbond substituents is 1. The van der Waals surface area contributed by atoms with Gasteiger partial charge in [-0.3, -0.25) is 4.79 Å². The van der Waals surface area contributed by atoms with E-state index in [1.165, 1.54) is 12.1 Å². The summed E-state index contributed by atoms with van der Waals surface area (Å²) >= 11 is 3.41. The highest BCUT2D eigenvalue weighted by Crippen LogP contribution is 2.21. The number of anilines is 1. The number of carbonyl (C=O) groups is 1. The van der Waals surface area contributed by atoms with Crippen LogP contribution in [0.2, 0.25) is 0 Å². The lowest BCUT2D eigenvalue weighted by Crippen LogP contribution is -2.11. The standard InChI is InChI=1S/C14H12BrNO2/c1-9-5-6-11(8-13(9)15)16-14(18)10-3-2-4-12(17)7-10/h2-8,17H,1H3,(H,16,18). The zero-order chi connectivity index (χ0) is 13.1. The van der Waals surface area contributed by atoms with E-state index in [0.717, 1.165) is 10.0 Å². The third kappa shape index (κ3) is 2.90. The monoisotopic (exact) mass is 305 g/mol. The molecule has 92 valence electrons. The van der Waals surface area contributed by atoms with Crippen molar-refractivity contribution in [2.75, 3.05) is 5.32 Å². The smallest absolute Gasteiger partial charge is 0.255 e. The van der Waals surface area contributed by atoms with Gasteiger partial charge in [0.05, 0.1) is 0 Å². The first-order valence-electron chi connectivity index (χ1n) is 5.43. The maximum atomic E-state index is 11.9. The van der Waals surface area contributed by atoms with Crippen LogP contribution in [0.25, 0.3) is 0 Å². The molecule has 0 fully saturated rings. The summed E-state index contributed by atoms with van der Waals surface area (Å²) in [5.74, 6) is -0.172. The lowest BCUT2D eigenvalue weighted by atomic mass is 10.2. The van der Waals surface area contributed by atoms with Gasteiger partial charge in [0.15, 0.2) is 0 Å². The van der Waals surface area contributed by atoms with Crippen LogP contribution in [0.5, 0.6) is 5.75 Å². The van der Waals surface area contributed by atoms with E-state index >= 15 is 0 Å². The van der Waals surface area contributed by atoms with Gasteiger partial charge in [0, 0.05) is 15.7 Å². The van der Waals surface area contributed by atoms with E-state index in [2.05, 4.69) is 21.2 Å². The quantitative estimate of drug-likeness (QED) is 0.888. The maximum Gasteiger partial charge on any atom is 0.255 e. The number of benzene rings is 2. The Morgan fingerprint density at radius 2 is 2.00 bits per heavy atom. The molecular formula is C14H12BrNO2. The van der Waals surface area contributed by atoms with Crippen molar-refractivity contribution in [2.24, 2.45) is 0 Å². The fourth-order valence-corrected chi connectivity index (χ4v) is 1.90. The van der Waals surface area contributed by atoms with Gasteiger partial charge in [-0.15, -0.1) is 0 Å². The van der Waals surface area contributed by atoms with Gasteiger partial charge in [-0.2, -0.15) is 0 Å². The molecule has 3 nitrogen and oxygen atoms in total. The molecule has 2 aromatic rings. The van der Waals surface area contributed by atoms with Crippen molar-refractivity contribution in [3.8, 4) is 5.75 Å². The van der Waals surface area contributed by atoms with E-state index in [4.69, 9.17) is 0 Å². The maximum absolute atomic E-state index is 11.9. The molecule has 0 spiro atoms. The lowest BCUT2D eigenvalue weighted by Gasteiger charge is -2.07. The number of hydrogen-bond donors (Lipinski definition) is 2. The molecule has 0 aliphatic heterocycles. The molecule has 2 rings (SSSR count). The third-order valence-corrected chi connectivity index (χ3v) is 3.39. The minimum absolute atomic E-state index is 0.0766. The summed E-state index contributed by atoms with van der Waals surface area (Å²) in [4.78, 5) is 11.9. The number of aryl methyl sites for hydroxylation is 1. The number of amides is 1. The van der Waals surface area contributed by atoms with Gasteiger partial charge >= 0.3 is 0 Å². The number of aromatic hydroxyl groups is 1. The van der Waals surface area contributed by atoms with Gasteiger partial charge in [0.1, 0.15) is 5.75 Å². The Bertz CT molecular complexity index is 596. The Kier molecular flexibility index (Phi) is 3.67. The zero-order valence-electron chi connectivity index (χ0n) is 9.77. The van der Waals surface area contributed by atoms with Gasteiger partial charge in [-0.25, -0.2) is 0 Å². The van der Waals surface area contributed by atoms with Crippen LogP contribution in [-0.4, -0.2) is 11.0 Å². The summed E-state index contributed by atoms with van der Waals surface area (Å²) in [6, 6.07) is 11.8. The van der Waals surface area contributed by atoms with Gasteiger partial charge < -0.3 is 10.4 Å². The van der Waals surface area contributed by atoms with Gasteiger partial charge in [0.2, 0.25) is 0 Å². The highest BCUT2D eigenvalue weighted by molar-refractivity contribution is 9.10. The molecule has 2 N–H and O–H groups in total. The SMILES string of the molecule is Cc1ccc(NC(=O)c2cccc(O)c2)cc1Br. The molecule has 0 radical (unpaired) electrons.